The molecule has 0 unspecified atom stereocenters. The topological polar surface area (TPSA) is 125 Å². The van der Waals surface area contributed by atoms with Gasteiger partial charge < -0.3 is 21.9 Å². The molecule has 0 radical (unpaired) electrons. The van der Waals surface area contributed by atoms with Crippen molar-refractivity contribution in [3.63, 3.8) is 0 Å². The lowest BCUT2D eigenvalue weighted by atomic mass is 10.2. The highest BCUT2D eigenvalue weighted by molar-refractivity contribution is 6.29. The number of guanidine groups is 2. The molecule has 0 saturated heterocycles. The molecular weight excluding hydrogens is 330 g/mol. The van der Waals surface area contributed by atoms with E-state index in [1.165, 1.54) is 18.3 Å². The fourth-order valence-electron chi connectivity index (χ4n) is 1.54. The number of aromatic nitrogens is 1. The third kappa shape index (κ3) is 4.51. The Kier molecular flexibility index (Phi) is 4.91. The third-order valence-electron chi connectivity index (χ3n) is 2.41. The van der Waals surface area contributed by atoms with Crippen molar-refractivity contribution in [1.29, 1.82) is 0 Å². The molecule has 0 aliphatic heterocycles. The van der Waals surface area contributed by atoms with E-state index < -0.39 is 17.6 Å². The number of ether oxygens (including phenoxy) is 1. The SMILES string of the molecule is NC(N)=NC(N)=Nc1cc(F)c(Oc2ccnc(Cl)c2)cc1F. The summed E-state index contributed by atoms with van der Waals surface area (Å²) in [5.41, 5.74) is 15.2. The second-order valence-corrected chi connectivity index (χ2v) is 4.54. The number of hydrogen-bond acceptors (Lipinski definition) is 3. The van der Waals surface area contributed by atoms with Gasteiger partial charge in [-0.1, -0.05) is 11.6 Å². The van der Waals surface area contributed by atoms with Crippen molar-refractivity contribution in [3.8, 4) is 11.5 Å². The number of rotatable bonds is 3. The Hall–Kier alpha value is -2.94. The summed E-state index contributed by atoms with van der Waals surface area (Å²) in [5.74, 6) is -2.69. The molecule has 2 rings (SSSR count). The Morgan fingerprint density at radius 1 is 1.13 bits per heavy atom. The van der Waals surface area contributed by atoms with Gasteiger partial charge in [-0.2, -0.15) is 4.99 Å². The van der Waals surface area contributed by atoms with Crippen molar-refractivity contribution >= 4 is 29.2 Å². The minimum absolute atomic E-state index is 0.148. The van der Waals surface area contributed by atoms with Crippen molar-refractivity contribution in [2.45, 2.75) is 0 Å². The maximum Gasteiger partial charge on any atom is 0.223 e. The molecule has 0 saturated carbocycles. The van der Waals surface area contributed by atoms with Crippen LogP contribution in [0.15, 0.2) is 40.4 Å². The Balaban J connectivity index is 2.32. The van der Waals surface area contributed by atoms with Crippen LogP contribution < -0.4 is 21.9 Å². The van der Waals surface area contributed by atoms with Crippen molar-refractivity contribution in [1.82, 2.24) is 4.98 Å². The Labute approximate surface area is 134 Å². The number of hydrogen-bond donors (Lipinski definition) is 3. The highest BCUT2D eigenvalue weighted by Gasteiger charge is 2.12. The lowest BCUT2D eigenvalue weighted by Crippen LogP contribution is -2.26. The average molecular weight is 341 g/mol. The lowest BCUT2D eigenvalue weighted by molar-refractivity contribution is 0.436. The largest absolute Gasteiger partial charge is 0.454 e. The van der Waals surface area contributed by atoms with E-state index >= 15 is 0 Å². The predicted molar refractivity (Wildman–Crippen MR) is 82.8 cm³/mol. The molecule has 0 bridgehead atoms. The molecule has 1 aromatic heterocycles. The van der Waals surface area contributed by atoms with Gasteiger partial charge in [0.15, 0.2) is 23.3 Å². The number of nitrogens with zero attached hydrogens (tertiary/aromatic N) is 3. The highest BCUT2D eigenvalue weighted by Crippen LogP contribution is 2.30. The molecule has 0 amide bonds. The monoisotopic (exact) mass is 340 g/mol. The Morgan fingerprint density at radius 3 is 2.52 bits per heavy atom. The van der Waals surface area contributed by atoms with Crippen LogP contribution in [0.25, 0.3) is 0 Å². The van der Waals surface area contributed by atoms with Crippen molar-refractivity contribution in [2.75, 3.05) is 0 Å². The van der Waals surface area contributed by atoms with E-state index in [1.54, 1.807) is 0 Å². The van der Waals surface area contributed by atoms with Crippen LogP contribution in [0.4, 0.5) is 14.5 Å². The van der Waals surface area contributed by atoms with Gasteiger partial charge in [-0.25, -0.2) is 18.8 Å². The molecular formula is C13H11ClF2N6O. The molecule has 23 heavy (non-hydrogen) atoms. The van der Waals surface area contributed by atoms with Crippen LogP contribution >= 0.6 is 11.6 Å². The van der Waals surface area contributed by atoms with Gasteiger partial charge in [0.1, 0.15) is 16.6 Å². The van der Waals surface area contributed by atoms with Gasteiger partial charge in [-0.3, -0.25) is 0 Å². The standard InChI is InChI=1S/C13H11ClF2N6O/c14-11-3-6(1-2-20-11)23-10-5-7(15)9(4-8(10)16)21-13(19)22-12(17)18/h1-5H,(H6,17,18,19,21,22). The average Bonchev–Trinajstić information content (AvgIpc) is 2.43. The first-order valence-electron chi connectivity index (χ1n) is 6.07. The van der Waals surface area contributed by atoms with E-state index in [1.807, 2.05) is 0 Å². The second-order valence-electron chi connectivity index (χ2n) is 4.16. The molecule has 2 aromatic rings. The first-order chi connectivity index (χ1) is 10.8. The van der Waals surface area contributed by atoms with Gasteiger partial charge in [-0.15, -0.1) is 0 Å². The normalized spacial score (nSPS) is 11.2. The van der Waals surface area contributed by atoms with Gasteiger partial charge in [0.2, 0.25) is 5.96 Å². The molecule has 120 valence electrons. The van der Waals surface area contributed by atoms with Crippen molar-refractivity contribution < 1.29 is 13.5 Å². The van der Waals surface area contributed by atoms with Gasteiger partial charge >= 0.3 is 0 Å². The van der Waals surface area contributed by atoms with Gasteiger partial charge in [0, 0.05) is 24.4 Å². The van der Waals surface area contributed by atoms with E-state index in [-0.39, 0.29) is 28.3 Å². The second kappa shape index (κ2) is 6.88. The van der Waals surface area contributed by atoms with Crippen LogP contribution in [0.5, 0.6) is 11.5 Å². The first kappa shape index (κ1) is 16.4. The summed E-state index contributed by atoms with van der Waals surface area (Å²) in [4.78, 5) is 10.7. The van der Waals surface area contributed by atoms with Gasteiger partial charge in [0.25, 0.3) is 0 Å². The minimum Gasteiger partial charge on any atom is -0.454 e. The van der Waals surface area contributed by atoms with Crippen LogP contribution in [0.2, 0.25) is 5.15 Å². The summed E-state index contributed by atoms with van der Waals surface area (Å²) in [6.07, 6.45) is 1.36. The fraction of sp³-hybridized carbons (Fsp3) is 0. The van der Waals surface area contributed by atoms with E-state index in [9.17, 15) is 8.78 Å². The van der Waals surface area contributed by atoms with E-state index in [0.717, 1.165) is 12.1 Å². The molecule has 0 aliphatic rings. The molecule has 1 heterocycles. The lowest BCUT2D eigenvalue weighted by Gasteiger charge is -2.08. The zero-order chi connectivity index (χ0) is 17.0. The van der Waals surface area contributed by atoms with Crippen LogP contribution in [-0.4, -0.2) is 16.9 Å². The van der Waals surface area contributed by atoms with Gasteiger partial charge in [-0.05, 0) is 6.07 Å². The van der Waals surface area contributed by atoms with Crippen LogP contribution in [0.3, 0.4) is 0 Å². The van der Waals surface area contributed by atoms with Crippen molar-refractivity contribution in [3.05, 3.63) is 47.2 Å². The molecule has 6 N–H and O–H groups in total. The van der Waals surface area contributed by atoms with E-state index in [4.69, 9.17) is 33.5 Å². The summed E-state index contributed by atoms with van der Waals surface area (Å²) in [5, 5.41) is 0.148. The highest BCUT2D eigenvalue weighted by atomic mass is 35.5. The maximum atomic E-state index is 14.0. The first-order valence-corrected chi connectivity index (χ1v) is 6.45. The molecule has 1 aromatic carbocycles. The predicted octanol–water partition coefficient (Wildman–Crippen LogP) is 2.03. The van der Waals surface area contributed by atoms with Crippen LogP contribution in [0, 0.1) is 11.6 Å². The van der Waals surface area contributed by atoms with E-state index in [0.29, 0.717) is 0 Å². The third-order valence-corrected chi connectivity index (χ3v) is 2.61. The summed E-state index contributed by atoms with van der Waals surface area (Å²) < 4.78 is 33.2. The molecule has 7 nitrogen and oxygen atoms in total. The number of halogens is 3. The zero-order valence-corrected chi connectivity index (χ0v) is 12.3. The number of benzene rings is 1. The Bertz CT molecular complexity index is 792. The zero-order valence-electron chi connectivity index (χ0n) is 11.5. The summed E-state index contributed by atoms with van der Waals surface area (Å²) >= 11 is 5.68. The van der Waals surface area contributed by atoms with Crippen LogP contribution in [0.1, 0.15) is 0 Å². The molecule has 0 aliphatic carbocycles. The molecule has 0 spiro atoms. The van der Waals surface area contributed by atoms with Crippen LogP contribution in [-0.2, 0) is 0 Å². The fourth-order valence-corrected chi connectivity index (χ4v) is 1.70. The summed E-state index contributed by atoms with van der Waals surface area (Å²) in [6.45, 7) is 0. The minimum atomic E-state index is -0.879. The maximum absolute atomic E-state index is 14.0. The smallest absolute Gasteiger partial charge is 0.223 e. The molecule has 0 fully saturated rings. The van der Waals surface area contributed by atoms with Crippen molar-refractivity contribution in [2.24, 2.45) is 27.2 Å². The number of nitrogens with two attached hydrogens (primary N) is 3. The van der Waals surface area contributed by atoms with E-state index in [2.05, 4.69) is 15.0 Å². The molecule has 10 heteroatoms. The quantitative estimate of drug-likeness (QED) is 0.448. The Morgan fingerprint density at radius 2 is 1.87 bits per heavy atom. The molecule has 0 atom stereocenters. The van der Waals surface area contributed by atoms with Gasteiger partial charge in [0.05, 0.1) is 0 Å². The summed E-state index contributed by atoms with van der Waals surface area (Å²) in [6, 6.07) is 4.39. The summed E-state index contributed by atoms with van der Waals surface area (Å²) in [7, 11) is 0. The number of pyridine rings is 1. The number of aliphatic imine (C=N–C) groups is 2.